The van der Waals surface area contributed by atoms with Crippen molar-refractivity contribution in [2.45, 2.75) is 6.92 Å². The first kappa shape index (κ1) is 22.1. The first-order valence-electron chi connectivity index (χ1n) is 11.6. The topological polar surface area (TPSA) is 55.2 Å². The van der Waals surface area contributed by atoms with E-state index in [0.29, 0.717) is 17.3 Å². The van der Waals surface area contributed by atoms with Crippen LogP contribution in [0.1, 0.15) is 6.92 Å². The maximum Gasteiger partial charge on any atom is 0.272 e. The predicted octanol–water partition coefficient (Wildman–Crippen LogP) is 7.23. The van der Waals surface area contributed by atoms with Crippen LogP contribution in [0.5, 0.6) is 0 Å². The average Bonchev–Trinajstić information content (AvgIpc) is 3.28. The van der Waals surface area contributed by atoms with E-state index in [9.17, 15) is 8.42 Å². The Morgan fingerprint density at radius 2 is 1.25 bits per heavy atom. The van der Waals surface area contributed by atoms with Gasteiger partial charge in [-0.2, -0.15) is 0 Å². The summed E-state index contributed by atoms with van der Waals surface area (Å²) >= 11 is 0. The zero-order valence-electron chi connectivity index (χ0n) is 19.7. The van der Waals surface area contributed by atoms with Crippen molar-refractivity contribution < 1.29 is 8.42 Å². The number of para-hydroxylation sites is 2. The second kappa shape index (κ2) is 8.36. The molecule has 0 amide bonds. The van der Waals surface area contributed by atoms with Crippen LogP contribution in [0.25, 0.3) is 39.0 Å². The van der Waals surface area contributed by atoms with Gasteiger partial charge in [0.25, 0.3) is 10.0 Å². The van der Waals surface area contributed by atoms with E-state index < -0.39 is 10.0 Å². The Labute approximate surface area is 210 Å². The SMILES string of the molecule is C=CC1=C(C)n2c(nc3ccccc32)N(c2ccc(-c3ccc(-c4ccccc4)cc3)cc2)S1(=O)=O. The van der Waals surface area contributed by atoms with Crippen LogP contribution >= 0.6 is 0 Å². The fraction of sp³-hybridized carbons (Fsp3) is 0.0333. The normalized spacial score (nSPS) is 14.6. The van der Waals surface area contributed by atoms with Crippen LogP contribution in [-0.4, -0.2) is 18.0 Å². The fourth-order valence-corrected chi connectivity index (χ4v) is 6.37. The van der Waals surface area contributed by atoms with Crippen molar-refractivity contribution in [2.75, 3.05) is 4.31 Å². The largest absolute Gasteiger partial charge is 0.280 e. The molecule has 6 rings (SSSR count). The molecule has 4 aromatic carbocycles. The summed E-state index contributed by atoms with van der Waals surface area (Å²) in [6.07, 6.45) is 1.40. The Morgan fingerprint density at radius 3 is 1.86 bits per heavy atom. The smallest absolute Gasteiger partial charge is 0.272 e. The highest BCUT2D eigenvalue weighted by Crippen LogP contribution is 2.42. The van der Waals surface area contributed by atoms with Gasteiger partial charge >= 0.3 is 0 Å². The molecule has 2 heterocycles. The summed E-state index contributed by atoms with van der Waals surface area (Å²) in [7, 11) is -3.88. The van der Waals surface area contributed by atoms with E-state index in [1.165, 1.54) is 15.9 Å². The highest BCUT2D eigenvalue weighted by atomic mass is 32.2. The highest BCUT2D eigenvalue weighted by molar-refractivity contribution is 7.97. The zero-order chi connectivity index (χ0) is 24.9. The summed E-state index contributed by atoms with van der Waals surface area (Å²) in [5.41, 5.74) is 7.04. The Morgan fingerprint density at radius 1 is 0.722 bits per heavy atom. The number of hydrogen-bond donors (Lipinski definition) is 0. The standard InChI is InChI=1S/C30H23N3O2S/c1-3-29-21(2)32-28-12-8-7-11-27(28)31-30(32)33(36(29,34)35)26-19-17-25(18-20-26)24-15-13-23(14-16-24)22-9-5-4-6-10-22/h3-20H,1H2,2H3. The Hall–Kier alpha value is -4.42. The first-order chi connectivity index (χ1) is 17.5. The molecule has 0 spiro atoms. The molecule has 1 aliphatic rings. The number of nitrogens with zero attached hydrogens (tertiary/aromatic N) is 3. The lowest BCUT2D eigenvalue weighted by Gasteiger charge is -2.30. The molecule has 1 aromatic heterocycles. The third-order valence-corrected chi connectivity index (χ3v) is 8.42. The van der Waals surface area contributed by atoms with Crippen LogP contribution in [0.2, 0.25) is 0 Å². The maximum atomic E-state index is 13.7. The van der Waals surface area contributed by atoms with Crippen molar-refractivity contribution in [1.29, 1.82) is 0 Å². The van der Waals surface area contributed by atoms with Crippen LogP contribution in [0.4, 0.5) is 11.6 Å². The van der Waals surface area contributed by atoms with E-state index in [-0.39, 0.29) is 4.91 Å². The van der Waals surface area contributed by atoms with Crippen molar-refractivity contribution in [1.82, 2.24) is 9.55 Å². The van der Waals surface area contributed by atoms with Crippen molar-refractivity contribution in [3.05, 3.63) is 121 Å². The van der Waals surface area contributed by atoms with Crippen molar-refractivity contribution in [2.24, 2.45) is 0 Å². The van der Waals surface area contributed by atoms with Crippen LogP contribution in [-0.2, 0) is 10.0 Å². The second-order valence-corrected chi connectivity index (χ2v) is 10.4. The summed E-state index contributed by atoms with van der Waals surface area (Å²) in [5.74, 6) is 0.347. The van der Waals surface area contributed by atoms with Gasteiger partial charge in [0.2, 0.25) is 5.95 Å². The van der Waals surface area contributed by atoms with Crippen LogP contribution < -0.4 is 4.31 Å². The molecule has 1 aliphatic heterocycles. The molecule has 6 heteroatoms. The molecule has 0 saturated carbocycles. The molecule has 0 unspecified atom stereocenters. The van der Waals surface area contributed by atoms with E-state index in [0.717, 1.165) is 27.7 Å². The van der Waals surface area contributed by atoms with E-state index in [2.05, 4.69) is 48.0 Å². The van der Waals surface area contributed by atoms with Gasteiger partial charge in [0.05, 0.1) is 16.7 Å². The minimum Gasteiger partial charge on any atom is -0.280 e. The predicted molar refractivity (Wildman–Crippen MR) is 147 cm³/mol. The molecule has 0 radical (unpaired) electrons. The van der Waals surface area contributed by atoms with Crippen LogP contribution in [0.15, 0.2) is 121 Å². The lowest BCUT2D eigenvalue weighted by Crippen LogP contribution is -2.33. The molecule has 0 fully saturated rings. The van der Waals surface area contributed by atoms with Crippen LogP contribution in [0, 0.1) is 0 Å². The van der Waals surface area contributed by atoms with Crippen molar-refractivity contribution in [3.63, 3.8) is 0 Å². The van der Waals surface area contributed by atoms with E-state index in [4.69, 9.17) is 0 Å². The molecule has 176 valence electrons. The molecule has 5 nitrogen and oxygen atoms in total. The van der Waals surface area contributed by atoms with E-state index in [1.807, 2.05) is 71.3 Å². The highest BCUT2D eigenvalue weighted by Gasteiger charge is 2.38. The number of imidazole rings is 1. The minimum atomic E-state index is -3.88. The number of hydrogen-bond acceptors (Lipinski definition) is 3. The first-order valence-corrected chi connectivity index (χ1v) is 13.1. The van der Waals surface area contributed by atoms with Gasteiger partial charge < -0.3 is 0 Å². The van der Waals surface area contributed by atoms with E-state index in [1.54, 1.807) is 6.92 Å². The fourth-order valence-electron chi connectivity index (χ4n) is 4.77. The number of sulfonamides is 1. The number of rotatable bonds is 4. The number of aromatic nitrogens is 2. The quantitative estimate of drug-likeness (QED) is 0.268. The second-order valence-electron chi connectivity index (χ2n) is 8.65. The summed E-state index contributed by atoms with van der Waals surface area (Å²) in [5, 5.41) is 0. The van der Waals surface area contributed by atoms with Gasteiger partial charge in [-0.05, 0) is 59.5 Å². The van der Waals surface area contributed by atoms with Gasteiger partial charge in [0.1, 0.15) is 4.91 Å². The molecule has 0 atom stereocenters. The molecule has 5 aromatic rings. The van der Waals surface area contributed by atoms with Gasteiger partial charge in [-0.3, -0.25) is 4.57 Å². The zero-order valence-corrected chi connectivity index (χ0v) is 20.5. The minimum absolute atomic E-state index is 0.165. The van der Waals surface area contributed by atoms with Gasteiger partial charge in [0, 0.05) is 5.70 Å². The Balaban J connectivity index is 1.42. The third kappa shape index (κ3) is 3.38. The van der Waals surface area contributed by atoms with Gasteiger partial charge in [-0.15, -0.1) is 0 Å². The molecule has 36 heavy (non-hydrogen) atoms. The lowest BCUT2D eigenvalue weighted by molar-refractivity contribution is 0.601. The average molecular weight is 490 g/mol. The number of fused-ring (bicyclic) bond motifs is 3. The van der Waals surface area contributed by atoms with Crippen molar-refractivity contribution in [3.8, 4) is 22.3 Å². The molecule has 0 aliphatic carbocycles. The van der Waals surface area contributed by atoms with Crippen LogP contribution in [0.3, 0.4) is 0 Å². The molecular formula is C30H23N3O2S. The molecule has 0 N–H and O–H groups in total. The summed E-state index contributed by atoms with van der Waals surface area (Å²) in [6.45, 7) is 5.56. The monoisotopic (exact) mass is 489 g/mol. The summed E-state index contributed by atoms with van der Waals surface area (Å²) in [4.78, 5) is 4.85. The summed E-state index contributed by atoms with van der Waals surface area (Å²) < 4.78 is 30.5. The van der Waals surface area contributed by atoms with Gasteiger partial charge in [-0.1, -0.05) is 85.4 Å². The maximum absolute atomic E-state index is 13.7. The van der Waals surface area contributed by atoms with Crippen molar-refractivity contribution >= 4 is 38.4 Å². The number of allylic oxidation sites excluding steroid dienone is 2. The molecule has 0 bridgehead atoms. The Bertz CT molecular complexity index is 1750. The molecular weight excluding hydrogens is 466 g/mol. The number of benzene rings is 4. The molecule has 0 saturated heterocycles. The lowest BCUT2D eigenvalue weighted by atomic mass is 10.0. The number of anilines is 2. The Kier molecular flexibility index (Phi) is 5.12. The summed E-state index contributed by atoms with van der Waals surface area (Å²) in [6, 6.07) is 33.7. The van der Waals surface area contributed by atoms with Gasteiger partial charge in [-0.25, -0.2) is 17.7 Å². The third-order valence-electron chi connectivity index (χ3n) is 6.55. The van der Waals surface area contributed by atoms with E-state index >= 15 is 0 Å². The van der Waals surface area contributed by atoms with Gasteiger partial charge in [0.15, 0.2) is 0 Å².